The van der Waals surface area contributed by atoms with Crippen molar-refractivity contribution in [3.8, 4) is 0 Å². The molecule has 1 saturated heterocycles. The van der Waals surface area contributed by atoms with E-state index in [1.54, 1.807) is 0 Å². The molecule has 2 rings (SSSR count). The number of carbonyl (C=O) groups is 1. The minimum Gasteiger partial charge on any atom is -0.468 e. The van der Waals surface area contributed by atoms with Crippen molar-refractivity contribution in [1.29, 1.82) is 0 Å². The Morgan fingerprint density at radius 2 is 2.20 bits per heavy atom. The zero-order chi connectivity index (χ0) is 11.0. The molecule has 1 saturated carbocycles. The first-order valence-electron chi connectivity index (χ1n) is 5.71. The summed E-state index contributed by atoms with van der Waals surface area (Å²) < 4.78 is 4.76. The molecule has 1 aliphatic heterocycles. The Labute approximate surface area is 90.8 Å². The third-order valence-corrected chi connectivity index (χ3v) is 4.03. The topological polar surface area (TPSA) is 55.6 Å². The van der Waals surface area contributed by atoms with E-state index < -0.39 is 0 Å². The lowest BCUT2D eigenvalue weighted by molar-refractivity contribution is -0.146. The summed E-state index contributed by atoms with van der Waals surface area (Å²) in [5.74, 6) is 1.16. The third-order valence-electron chi connectivity index (χ3n) is 4.03. The third kappa shape index (κ3) is 1.88. The van der Waals surface area contributed by atoms with E-state index in [9.17, 15) is 4.79 Å². The number of esters is 1. The van der Waals surface area contributed by atoms with Gasteiger partial charge < -0.3 is 10.5 Å². The molecule has 1 heterocycles. The molecule has 0 bridgehead atoms. The zero-order valence-corrected chi connectivity index (χ0v) is 9.48. The van der Waals surface area contributed by atoms with Crippen LogP contribution in [-0.4, -0.2) is 43.2 Å². The van der Waals surface area contributed by atoms with Gasteiger partial charge in [0.05, 0.1) is 7.11 Å². The molecule has 86 valence electrons. The van der Waals surface area contributed by atoms with E-state index in [4.69, 9.17) is 10.5 Å². The Morgan fingerprint density at radius 1 is 1.47 bits per heavy atom. The van der Waals surface area contributed by atoms with Crippen LogP contribution in [0.25, 0.3) is 0 Å². The Bertz CT molecular complexity index is 257. The molecule has 1 aliphatic carbocycles. The van der Waals surface area contributed by atoms with Gasteiger partial charge in [-0.2, -0.15) is 0 Å². The highest BCUT2D eigenvalue weighted by molar-refractivity contribution is 5.75. The molecular weight excluding hydrogens is 192 g/mol. The smallest absolute Gasteiger partial charge is 0.322 e. The fraction of sp³-hybridized carbons (Fsp3) is 0.909. The van der Waals surface area contributed by atoms with E-state index in [2.05, 4.69) is 4.90 Å². The Morgan fingerprint density at radius 3 is 2.80 bits per heavy atom. The summed E-state index contributed by atoms with van der Waals surface area (Å²) in [4.78, 5) is 13.6. The molecule has 2 N–H and O–H groups in total. The summed E-state index contributed by atoms with van der Waals surface area (Å²) in [6.07, 6.45) is 2.37. The van der Waals surface area contributed by atoms with Crippen LogP contribution in [0.15, 0.2) is 0 Å². The lowest BCUT2D eigenvalue weighted by atomic mass is 9.98. The number of nitrogens with two attached hydrogens (primary N) is 1. The van der Waals surface area contributed by atoms with Crippen LogP contribution >= 0.6 is 0 Å². The van der Waals surface area contributed by atoms with Crippen LogP contribution in [0.3, 0.4) is 0 Å². The maximum absolute atomic E-state index is 11.4. The van der Waals surface area contributed by atoms with Crippen molar-refractivity contribution in [3.63, 3.8) is 0 Å². The van der Waals surface area contributed by atoms with Gasteiger partial charge in [0.25, 0.3) is 0 Å². The predicted octanol–water partition coefficient (Wildman–Crippen LogP) is 0.217. The SMILES string of the molecule is COC(=O)C(C)N1CC2CCC(N)C2C1. The van der Waals surface area contributed by atoms with Crippen molar-refractivity contribution < 1.29 is 9.53 Å². The Kier molecular flexibility index (Phi) is 2.98. The quantitative estimate of drug-likeness (QED) is 0.665. The summed E-state index contributed by atoms with van der Waals surface area (Å²) in [5, 5.41) is 0. The number of ether oxygens (including phenoxy) is 1. The van der Waals surface area contributed by atoms with Gasteiger partial charge in [0.1, 0.15) is 6.04 Å². The molecule has 0 radical (unpaired) electrons. The number of nitrogens with zero attached hydrogens (tertiary/aromatic N) is 1. The largest absolute Gasteiger partial charge is 0.468 e. The van der Waals surface area contributed by atoms with Crippen LogP contribution in [0.5, 0.6) is 0 Å². The van der Waals surface area contributed by atoms with Crippen molar-refractivity contribution in [1.82, 2.24) is 4.90 Å². The van der Waals surface area contributed by atoms with Crippen LogP contribution in [-0.2, 0) is 9.53 Å². The molecule has 15 heavy (non-hydrogen) atoms. The minimum absolute atomic E-state index is 0.118. The number of fused-ring (bicyclic) bond motifs is 1. The first-order valence-corrected chi connectivity index (χ1v) is 5.71. The van der Waals surface area contributed by atoms with E-state index in [0.717, 1.165) is 19.5 Å². The molecule has 4 atom stereocenters. The van der Waals surface area contributed by atoms with E-state index in [1.165, 1.54) is 13.5 Å². The van der Waals surface area contributed by atoms with Crippen molar-refractivity contribution in [2.24, 2.45) is 17.6 Å². The number of methoxy groups -OCH3 is 1. The molecule has 4 unspecified atom stereocenters. The van der Waals surface area contributed by atoms with Gasteiger partial charge in [0, 0.05) is 19.1 Å². The number of hydrogen-bond acceptors (Lipinski definition) is 4. The monoisotopic (exact) mass is 212 g/mol. The second kappa shape index (κ2) is 4.10. The van der Waals surface area contributed by atoms with E-state index in [-0.39, 0.29) is 12.0 Å². The molecule has 0 aromatic carbocycles. The van der Waals surface area contributed by atoms with Crippen molar-refractivity contribution in [2.75, 3.05) is 20.2 Å². The Balaban J connectivity index is 1.95. The summed E-state index contributed by atoms with van der Waals surface area (Å²) in [7, 11) is 1.45. The second-order valence-corrected chi connectivity index (χ2v) is 4.82. The molecule has 0 aromatic rings. The maximum Gasteiger partial charge on any atom is 0.322 e. The first kappa shape index (κ1) is 10.9. The summed E-state index contributed by atoms with van der Waals surface area (Å²) in [6.45, 7) is 3.88. The fourth-order valence-corrected chi connectivity index (χ4v) is 2.98. The highest BCUT2D eigenvalue weighted by Gasteiger charge is 2.43. The first-order chi connectivity index (χ1) is 7.13. The van der Waals surface area contributed by atoms with Gasteiger partial charge in [0.15, 0.2) is 0 Å². The average molecular weight is 212 g/mol. The van der Waals surface area contributed by atoms with Crippen LogP contribution < -0.4 is 5.73 Å². The average Bonchev–Trinajstić information content (AvgIpc) is 2.79. The highest BCUT2D eigenvalue weighted by Crippen LogP contribution is 2.37. The maximum atomic E-state index is 11.4. The van der Waals surface area contributed by atoms with Crippen LogP contribution in [0.2, 0.25) is 0 Å². The van der Waals surface area contributed by atoms with Gasteiger partial charge in [0.2, 0.25) is 0 Å². The highest BCUT2D eigenvalue weighted by atomic mass is 16.5. The van der Waals surface area contributed by atoms with Crippen molar-refractivity contribution >= 4 is 5.97 Å². The van der Waals surface area contributed by atoms with Gasteiger partial charge in [-0.25, -0.2) is 0 Å². The van der Waals surface area contributed by atoms with Gasteiger partial charge in [-0.15, -0.1) is 0 Å². The summed E-state index contributed by atoms with van der Waals surface area (Å²) in [5.41, 5.74) is 6.05. The number of likely N-dealkylation sites (tertiary alicyclic amines) is 1. The van der Waals surface area contributed by atoms with E-state index in [0.29, 0.717) is 17.9 Å². The molecule has 0 amide bonds. The van der Waals surface area contributed by atoms with Crippen LogP contribution in [0.1, 0.15) is 19.8 Å². The van der Waals surface area contributed by atoms with Gasteiger partial charge in [-0.3, -0.25) is 9.69 Å². The van der Waals surface area contributed by atoms with Crippen LogP contribution in [0, 0.1) is 11.8 Å². The number of carbonyl (C=O) groups excluding carboxylic acids is 1. The number of hydrogen-bond donors (Lipinski definition) is 1. The normalized spacial score (nSPS) is 37.7. The molecule has 0 aromatic heterocycles. The molecule has 4 heteroatoms. The van der Waals surface area contributed by atoms with Gasteiger partial charge >= 0.3 is 5.97 Å². The fourth-order valence-electron chi connectivity index (χ4n) is 2.98. The molecule has 2 fully saturated rings. The zero-order valence-electron chi connectivity index (χ0n) is 9.48. The standard InChI is InChI=1S/C11H20N2O2/c1-7(11(14)15-2)13-5-8-3-4-10(12)9(8)6-13/h7-10H,3-6,12H2,1-2H3. The molecule has 0 spiro atoms. The predicted molar refractivity (Wildman–Crippen MR) is 57.2 cm³/mol. The van der Waals surface area contributed by atoms with E-state index in [1.807, 2.05) is 6.92 Å². The summed E-state index contributed by atoms with van der Waals surface area (Å²) in [6, 6.07) is 0.220. The van der Waals surface area contributed by atoms with Crippen molar-refractivity contribution in [2.45, 2.75) is 31.8 Å². The lowest BCUT2D eigenvalue weighted by Crippen LogP contribution is -2.40. The van der Waals surface area contributed by atoms with E-state index >= 15 is 0 Å². The molecule has 2 aliphatic rings. The van der Waals surface area contributed by atoms with Gasteiger partial charge in [-0.05, 0) is 31.6 Å². The number of rotatable bonds is 2. The molecular formula is C11H20N2O2. The lowest BCUT2D eigenvalue weighted by Gasteiger charge is -2.23. The van der Waals surface area contributed by atoms with Gasteiger partial charge in [-0.1, -0.05) is 0 Å². The minimum atomic E-state index is -0.136. The summed E-state index contributed by atoms with van der Waals surface area (Å²) >= 11 is 0. The Hall–Kier alpha value is -0.610. The van der Waals surface area contributed by atoms with Crippen LogP contribution in [0.4, 0.5) is 0 Å². The molecule has 4 nitrogen and oxygen atoms in total. The second-order valence-electron chi connectivity index (χ2n) is 4.82. The van der Waals surface area contributed by atoms with Crippen molar-refractivity contribution in [3.05, 3.63) is 0 Å².